The van der Waals surface area contributed by atoms with E-state index >= 15 is 0 Å². The average Bonchev–Trinajstić information content (AvgIpc) is 2.78. The number of halogens is 1. The normalized spacial score (nSPS) is 11.8. The zero-order valence-electron chi connectivity index (χ0n) is 11.3. The van der Waals surface area contributed by atoms with Crippen LogP contribution in [0.2, 0.25) is 0 Å². The molecule has 1 aromatic carbocycles. The third kappa shape index (κ3) is 3.68. The maximum Gasteiger partial charge on any atom is 0.240 e. The van der Waals surface area contributed by atoms with Crippen molar-refractivity contribution >= 4 is 26.0 Å². The summed E-state index contributed by atoms with van der Waals surface area (Å²) in [5.41, 5.74) is 1.75. The summed E-state index contributed by atoms with van der Waals surface area (Å²) < 4.78 is 29.5. The van der Waals surface area contributed by atoms with E-state index in [0.717, 1.165) is 15.7 Å². The molecule has 0 radical (unpaired) electrons. The van der Waals surface area contributed by atoms with Gasteiger partial charge in [-0.1, -0.05) is 15.9 Å². The van der Waals surface area contributed by atoms with E-state index in [1.165, 1.54) is 0 Å². The quantitative estimate of drug-likeness (QED) is 0.889. The van der Waals surface area contributed by atoms with Crippen LogP contribution in [0, 0.1) is 6.92 Å². The topological polar surface area (TPSA) is 64.0 Å². The Morgan fingerprint density at radius 2 is 2.10 bits per heavy atom. The summed E-state index contributed by atoms with van der Waals surface area (Å²) in [6.07, 6.45) is 2.40. The van der Waals surface area contributed by atoms with Gasteiger partial charge in [0.15, 0.2) is 0 Å². The van der Waals surface area contributed by atoms with Crippen LogP contribution in [-0.4, -0.2) is 24.7 Å². The largest absolute Gasteiger partial charge is 0.276 e. The highest BCUT2D eigenvalue weighted by Gasteiger charge is 2.14. The van der Waals surface area contributed by atoms with E-state index in [1.807, 2.05) is 26.2 Å². The molecule has 20 heavy (non-hydrogen) atoms. The molecule has 1 heterocycles. The Morgan fingerprint density at radius 3 is 2.70 bits per heavy atom. The zero-order chi connectivity index (χ0) is 14.8. The Hall–Kier alpha value is -1.18. The van der Waals surface area contributed by atoms with E-state index in [2.05, 4.69) is 25.8 Å². The van der Waals surface area contributed by atoms with Gasteiger partial charge in [0.25, 0.3) is 0 Å². The van der Waals surface area contributed by atoms with Gasteiger partial charge in [-0.2, -0.15) is 5.10 Å². The molecule has 108 valence electrons. The minimum atomic E-state index is -3.47. The van der Waals surface area contributed by atoms with Crippen LogP contribution in [0.5, 0.6) is 0 Å². The smallest absolute Gasteiger partial charge is 0.240 e. The van der Waals surface area contributed by atoms with Crippen molar-refractivity contribution in [3.63, 3.8) is 0 Å². The van der Waals surface area contributed by atoms with Crippen molar-refractivity contribution in [1.82, 2.24) is 14.5 Å². The molecule has 0 amide bonds. The van der Waals surface area contributed by atoms with Gasteiger partial charge in [0.05, 0.1) is 10.6 Å². The molecule has 0 saturated carbocycles. The molecule has 1 aromatic heterocycles. The zero-order valence-corrected chi connectivity index (χ0v) is 13.7. The molecular weight excluding hydrogens is 342 g/mol. The third-order valence-electron chi connectivity index (χ3n) is 2.88. The lowest BCUT2D eigenvalue weighted by molar-refractivity contribution is 0.581. The standard InChI is InChI=1S/C13H16BrN3O2S/c1-10-9-12(3-4-13(10)14)20(18,19)15-7-5-11-6-8-17(2)16-11/h3-4,6,8-9,15H,5,7H2,1-2H3. The van der Waals surface area contributed by atoms with E-state index < -0.39 is 10.0 Å². The van der Waals surface area contributed by atoms with Crippen LogP contribution in [0.3, 0.4) is 0 Å². The van der Waals surface area contributed by atoms with Gasteiger partial charge in [-0.15, -0.1) is 0 Å². The van der Waals surface area contributed by atoms with Gasteiger partial charge in [-0.25, -0.2) is 13.1 Å². The maximum absolute atomic E-state index is 12.1. The Bertz CT molecular complexity index is 710. The number of aryl methyl sites for hydroxylation is 2. The summed E-state index contributed by atoms with van der Waals surface area (Å²) in [5, 5.41) is 4.20. The summed E-state index contributed by atoms with van der Waals surface area (Å²) in [6, 6.07) is 6.84. The second-order valence-electron chi connectivity index (χ2n) is 4.54. The lowest BCUT2D eigenvalue weighted by Gasteiger charge is -2.07. The van der Waals surface area contributed by atoms with Gasteiger partial charge in [0, 0.05) is 30.7 Å². The molecule has 2 rings (SSSR count). The minimum absolute atomic E-state index is 0.277. The molecule has 5 nitrogen and oxygen atoms in total. The SMILES string of the molecule is Cc1cc(S(=O)(=O)NCCc2ccn(C)n2)ccc1Br. The molecule has 0 aliphatic heterocycles. The molecule has 0 spiro atoms. The van der Waals surface area contributed by atoms with Crippen molar-refractivity contribution in [2.75, 3.05) is 6.54 Å². The second kappa shape index (κ2) is 6.07. The number of nitrogens with zero attached hydrogens (tertiary/aromatic N) is 2. The van der Waals surface area contributed by atoms with Crippen LogP contribution >= 0.6 is 15.9 Å². The fourth-order valence-corrected chi connectivity index (χ4v) is 3.14. The maximum atomic E-state index is 12.1. The number of benzene rings is 1. The van der Waals surface area contributed by atoms with Crippen LogP contribution < -0.4 is 4.72 Å². The third-order valence-corrected chi connectivity index (χ3v) is 5.23. The average molecular weight is 358 g/mol. The van der Waals surface area contributed by atoms with Crippen LogP contribution in [0.1, 0.15) is 11.3 Å². The predicted octanol–water partition coefficient (Wildman–Crippen LogP) is 2.01. The number of sulfonamides is 1. The second-order valence-corrected chi connectivity index (χ2v) is 7.16. The van der Waals surface area contributed by atoms with Crippen molar-refractivity contribution < 1.29 is 8.42 Å². The highest BCUT2D eigenvalue weighted by molar-refractivity contribution is 9.10. The summed E-state index contributed by atoms with van der Waals surface area (Å²) in [5.74, 6) is 0. The molecule has 0 saturated heterocycles. The molecule has 7 heteroatoms. The number of nitrogens with one attached hydrogen (secondary N) is 1. The van der Waals surface area contributed by atoms with Crippen molar-refractivity contribution in [3.05, 3.63) is 46.2 Å². The van der Waals surface area contributed by atoms with Gasteiger partial charge in [-0.3, -0.25) is 4.68 Å². The first kappa shape index (κ1) is 15.2. The Kier molecular flexibility index (Phi) is 4.62. The van der Waals surface area contributed by atoms with Crippen LogP contribution in [0.15, 0.2) is 39.8 Å². The monoisotopic (exact) mass is 357 g/mol. The van der Waals surface area contributed by atoms with Crippen molar-refractivity contribution in [2.24, 2.45) is 7.05 Å². The molecule has 0 bridgehead atoms. The van der Waals surface area contributed by atoms with Crippen LogP contribution in [0.4, 0.5) is 0 Å². The van der Waals surface area contributed by atoms with E-state index in [-0.39, 0.29) is 4.90 Å². The van der Waals surface area contributed by atoms with Crippen molar-refractivity contribution in [3.8, 4) is 0 Å². The van der Waals surface area contributed by atoms with Gasteiger partial charge in [0.2, 0.25) is 10.0 Å². The molecule has 0 fully saturated rings. The predicted molar refractivity (Wildman–Crippen MR) is 81.0 cm³/mol. The summed E-state index contributed by atoms with van der Waals surface area (Å²) in [6.45, 7) is 2.19. The number of aromatic nitrogens is 2. The van der Waals surface area contributed by atoms with E-state index in [4.69, 9.17) is 0 Å². The minimum Gasteiger partial charge on any atom is -0.276 e. The first-order valence-electron chi connectivity index (χ1n) is 6.13. The van der Waals surface area contributed by atoms with Gasteiger partial charge in [-0.05, 0) is 36.8 Å². The fraction of sp³-hybridized carbons (Fsp3) is 0.308. The van der Waals surface area contributed by atoms with Crippen LogP contribution in [-0.2, 0) is 23.5 Å². The van der Waals surface area contributed by atoms with Gasteiger partial charge in [0.1, 0.15) is 0 Å². The lowest BCUT2D eigenvalue weighted by Crippen LogP contribution is -2.26. The molecule has 0 atom stereocenters. The summed E-state index contributed by atoms with van der Waals surface area (Å²) >= 11 is 3.36. The summed E-state index contributed by atoms with van der Waals surface area (Å²) in [7, 11) is -1.64. The molecule has 0 aliphatic carbocycles. The highest BCUT2D eigenvalue weighted by atomic mass is 79.9. The molecule has 0 unspecified atom stereocenters. The van der Waals surface area contributed by atoms with E-state index in [1.54, 1.807) is 22.9 Å². The Labute approximate surface area is 127 Å². The Morgan fingerprint density at radius 1 is 1.35 bits per heavy atom. The van der Waals surface area contributed by atoms with Gasteiger partial charge < -0.3 is 0 Å². The first-order valence-corrected chi connectivity index (χ1v) is 8.40. The molecule has 2 aromatic rings. The van der Waals surface area contributed by atoms with Crippen LogP contribution in [0.25, 0.3) is 0 Å². The summed E-state index contributed by atoms with van der Waals surface area (Å²) in [4.78, 5) is 0.277. The molecule has 0 aliphatic rings. The van der Waals surface area contributed by atoms with E-state index in [0.29, 0.717) is 13.0 Å². The van der Waals surface area contributed by atoms with Gasteiger partial charge >= 0.3 is 0 Å². The molecular formula is C13H16BrN3O2S. The van der Waals surface area contributed by atoms with E-state index in [9.17, 15) is 8.42 Å². The number of hydrogen-bond acceptors (Lipinski definition) is 3. The highest BCUT2D eigenvalue weighted by Crippen LogP contribution is 2.19. The molecule has 1 N–H and O–H groups in total. The fourth-order valence-electron chi connectivity index (χ4n) is 1.78. The van der Waals surface area contributed by atoms with Crippen molar-refractivity contribution in [1.29, 1.82) is 0 Å². The first-order chi connectivity index (χ1) is 9.38. The van der Waals surface area contributed by atoms with Crippen molar-refractivity contribution in [2.45, 2.75) is 18.2 Å². The Balaban J connectivity index is 2.02. The lowest BCUT2D eigenvalue weighted by atomic mass is 10.2. The number of rotatable bonds is 5. The number of hydrogen-bond donors (Lipinski definition) is 1.